The van der Waals surface area contributed by atoms with E-state index in [0.29, 0.717) is 11.3 Å². The van der Waals surface area contributed by atoms with E-state index in [1.165, 1.54) is 12.3 Å². The number of rotatable bonds is 7. The van der Waals surface area contributed by atoms with Crippen molar-refractivity contribution in [1.29, 1.82) is 0 Å². The summed E-state index contributed by atoms with van der Waals surface area (Å²) in [5.41, 5.74) is 6.77. The van der Waals surface area contributed by atoms with Crippen molar-refractivity contribution in [2.24, 2.45) is 5.10 Å². The predicted molar refractivity (Wildman–Crippen MR) is 142 cm³/mol. The number of benzene rings is 3. The van der Waals surface area contributed by atoms with Crippen LogP contribution in [0.3, 0.4) is 0 Å². The summed E-state index contributed by atoms with van der Waals surface area (Å²) in [6.07, 6.45) is 1.34. The van der Waals surface area contributed by atoms with Crippen molar-refractivity contribution >= 4 is 58.5 Å². The molecule has 0 aliphatic rings. The number of hydrazone groups is 1. The molecule has 0 atom stereocenters. The molecule has 0 radical (unpaired) electrons. The van der Waals surface area contributed by atoms with E-state index < -0.39 is 11.8 Å². The SMILES string of the molecule is Cc1cc(C)c(NC(=O)COc2cccc(/C=N\NC(=O)C(=O)Nc3cccc(Cl)c3Cl)c2)c(C)c1. The molecule has 36 heavy (non-hydrogen) atoms. The van der Waals surface area contributed by atoms with Crippen LogP contribution in [0, 0.1) is 20.8 Å². The Hall–Kier alpha value is -3.88. The van der Waals surface area contributed by atoms with Gasteiger partial charge in [-0.05, 0) is 61.7 Å². The lowest BCUT2D eigenvalue weighted by atomic mass is 10.1. The van der Waals surface area contributed by atoms with Gasteiger partial charge in [-0.25, -0.2) is 5.43 Å². The summed E-state index contributed by atoms with van der Waals surface area (Å²) in [5.74, 6) is -1.81. The van der Waals surface area contributed by atoms with E-state index in [1.54, 1.807) is 36.4 Å². The van der Waals surface area contributed by atoms with Crippen LogP contribution in [0.25, 0.3) is 0 Å². The van der Waals surface area contributed by atoms with Crippen LogP contribution in [-0.2, 0) is 14.4 Å². The van der Waals surface area contributed by atoms with Gasteiger partial charge in [-0.3, -0.25) is 14.4 Å². The minimum absolute atomic E-state index is 0.124. The number of halogens is 2. The summed E-state index contributed by atoms with van der Waals surface area (Å²) in [6.45, 7) is 5.70. The summed E-state index contributed by atoms with van der Waals surface area (Å²) in [7, 11) is 0. The lowest BCUT2D eigenvalue weighted by molar-refractivity contribution is -0.136. The fraction of sp³-hybridized carbons (Fsp3) is 0.154. The molecule has 3 N–H and O–H groups in total. The zero-order valence-electron chi connectivity index (χ0n) is 19.8. The molecular weight excluding hydrogens is 503 g/mol. The van der Waals surface area contributed by atoms with Crippen LogP contribution in [0.4, 0.5) is 11.4 Å². The average molecular weight is 527 g/mol. The zero-order valence-corrected chi connectivity index (χ0v) is 21.3. The first-order valence-electron chi connectivity index (χ1n) is 10.8. The molecule has 0 saturated carbocycles. The van der Waals surface area contributed by atoms with Crippen molar-refractivity contribution in [3.05, 3.63) is 86.9 Å². The van der Waals surface area contributed by atoms with Crippen molar-refractivity contribution in [2.75, 3.05) is 17.2 Å². The Labute approximate surface area is 218 Å². The van der Waals surface area contributed by atoms with Gasteiger partial charge in [0.25, 0.3) is 5.91 Å². The van der Waals surface area contributed by atoms with E-state index in [9.17, 15) is 14.4 Å². The van der Waals surface area contributed by atoms with Crippen LogP contribution in [0.1, 0.15) is 22.3 Å². The van der Waals surface area contributed by atoms with Gasteiger partial charge in [0.2, 0.25) is 0 Å². The second-order valence-corrected chi connectivity index (χ2v) is 8.72. The first kappa shape index (κ1) is 26.7. The highest BCUT2D eigenvalue weighted by Crippen LogP contribution is 2.29. The van der Waals surface area contributed by atoms with Gasteiger partial charge in [-0.15, -0.1) is 0 Å². The van der Waals surface area contributed by atoms with E-state index in [-0.39, 0.29) is 28.2 Å². The fourth-order valence-electron chi connectivity index (χ4n) is 3.38. The van der Waals surface area contributed by atoms with Gasteiger partial charge in [0.15, 0.2) is 6.61 Å². The quantitative estimate of drug-likeness (QED) is 0.228. The molecule has 0 unspecified atom stereocenters. The number of amides is 3. The highest BCUT2D eigenvalue weighted by molar-refractivity contribution is 6.45. The highest BCUT2D eigenvalue weighted by atomic mass is 35.5. The van der Waals surface area contributed by atoms with E-state index >= 15 is 0 Å². The van der Waals surface area contributed by atoms with Crippen LogP contribution in [0.5, 0.6) is 5.75 Å². The third-order valence-corrected chi connectivity index (χ3v) is 5.77. The van der Waals surface area contributed by atoms with E-state index in [1.807, 2.05) is 32.9 Å². The smallest absolute Gasteiger partial charge is 0.329 e. The molecule has 3 aromatic rings. The van der Waals surface area contributed by atoms with E-state index in [4.69, 9.17) is 27.9 Å². The number of aryl methyl sites for hydroxylation is 3. The number of hydrogen-bond acceptors (Lipinski definition) is 5. The molecule has 0 aromatic heterocycles. The number of carbonyl (C=O) groups is 3. The molecule has 0 aliphatic heterocycles. The summed E-state index contributed by atoms with van der Waals surface area (Å²) in [5, 5.41) is 9.39. The van der Waals surface area contributed by atoms with Gasteiger partial charge in [0.05, 0.1) is 21.9 Å². The maximum absolute atomic E-state index is 12.4. The Balaban J connectivity index is 1.52. The average Bonchev–Trinajstić information content (AvgIpc) is 2.83. The van der Waals surface area contributed by atoms with E-state index in [0.717, 1.165) is 22.4 Å². The number of nitrogens with one attached hydrogen (secondary N) is 3. The largest absolute Gasteiger partial charge is 0.484 e. The normalized spacial score (nSPS) is 10.7. The van der Waals surface area contributed by atoms with Crippen LogP contribution < -0.4 is 20.8 Å². The minimum atomic E-state index is -0.993. The second-order valence-electron chi connectivity index (χ2n) is 7.94. The number of anilines is 2. The highest BCUT2D eigenvalue weighted by Gasteiger charge is 2.15. The van der Waals surface area contributed by atoms with Crippen molar-refractivity contribution in [3.63, 3.8) is 0 Å². The maximum Gasteiger partial charge on any atom is 0.329 e. The van der Waals surface area contributed by atoms with Gasteiger partial charge >= 0.3 is 11.8 Å². The molecule has 0 bridgehead atoms. The lowest BCUT2D eigenvalue weighted by Gasteiger charge is -2.13. The number of nitrogens with zero attached hydrogens (tertiary/aromatic N) is 1. The third kappa shape index (κ3) is 7.31. The topological polar surface area (TPSA) is 109 Å². The molecule has 3 aromatic carbocycles. The van der Waals surface area contributed by atoms with Crippen molar-refractivity contribution in [3.8, 4) is 5.75 Å². The molecule has 0 heterocycles. The van der Waals surface area contributed by atoms with Crippen LogP contribution in [0.2, 0.25) is 10.0 Å². The standard InChI is InChI=1S/C26H24Cl2N4O4/c1-15-10-16(2)24(17(3)11-15)31-22(33)14-36-19-7-4-6-18(12-19)13-29-32-26(35)25(34)30-21-9-5-8-20(27)23(21)28/h4-13H,14H2,1-3H3,(H,30,34)(H,31,33)(H,32,35)/b29-13-. The van der Waals surface area contributed by atoms with Crippen LogP contribution >= 0.6 is 23.2 Å². The lowest BCUT2D eigenvalue weighted by Crippen LogP contribution is -2.32. The number of ether oxygens (including phenoxy) is 1. The minimum Gasteiger partial charge on any atom is -0.484 e. The van der Waals surface area contributed by atoms with Gasteiger partial charge in [-0.1, -0.05) is 59.1 Å². The van der Waals surface area contributed by atoms with Crippen molar-refractivity contribution in [2.45, 2.75) is 20.8 Å². The third-order valence-electron chi connectivity index (χ3n) is 4.96. The van der Waals surface area contributed by atoms with Crippen LogP contribution in [0.15, 0.2) is 59.7 Å². The molecule has 0 fully saturated rings. The molecule has 3 rings (SSSR count). The summed E-state index contributed by atoms with van der Waals surface area (Å²) in [6, 6.07) is 15.4. The summed E-state index contributed by atoms with van der Waals surface area (Å²) in [4.78, 5) is 36.4. The van der Waals surface area contributed by atoms with Gasteiger partial charge in [-0.2, -0.15) is 5.10 Å². The number of carbonyl (C=O) groups excluding carboxylic acids is 3. The second kappa shape index (κ2) is 12.2. The van der Waals surface area contributed by atoms with Gasteiger partial charge < -0.3 is 15.4 Å². The molecular formula is C26H24Cl2N4O4. The molecule has 3 amide bonds. The molecule has 186 valence electrons. The first-order valence-corrected chi connectivity index (χ1v) is 11.6. The Morgan fingerprint density at radius 3 is 2.33 bits per heavy atom. The zero-order chi connectivity index (χ0) is 26.2. The Kier molecular flexibility index (Phi) is 9.05. The Morgan fingerprint density at radius 1 is 0.917 bits per heavy atom. The van der Waals surface area contributed by atoms with Gasteiger partial charge in [0, 0.05) is 5.69 Å². The fourth-order valence-corrected chi connectivity index (χ4v) is 3.73. The Bertz CT molecular complexity index is 1320. The molecule has 0 aliphatic carbocycles. The molecule has 0 spiro atoms. The van der Waals surface area contributed by atoms with E-state index in [2.05, 4.69) is 21.2 Å². The Morgan fingerprint density at radius 2 is 1.61 bits per heavy atom. The molecule has 8 nitrogen and oxygen atoms in total. The molecule has 0 saturated heterocycles. The van der Waals surface area contributed by atoms with Crippen molar-refractivity contribution < 1.29 is 19.1 Å². The van der Waals surface area contributed by atoms with Crippen molar-refractivity contribution in [1.82, 2.24) is 5.43 Å². The van der Waals surface area contributed by atoms with Gasteiger partial charge in [0.1, 0.15) is 5.75 Å². The monoisotopic (exact) mass is 526 g/mol. The summed E-state index contributed by atoms with van der Waals surface area (Å²) >= 11 is 11.9. The summed E-state index contributed by atoms with van der Waals surface area (Å²) < 4.78 is 5.59. The number of hydrogen-bond donors (Lipinski definition) is 3. The van der Waals surface area contributed by atoms with Crippen LogP contribution in [-0.4, -0.2) is 30.5 Å². The predicted octanol–water partition coefficient (Wildman–Crippen LogP) is 5.02. The molecule has 10 heteroatoms. The maximum atomic E-state index is 12.4. The first-order chi connectivity index (χ1) is 17.1.